The molecule has 36 heavy (non-hydrogen) atoms. The first kappa shape index (κ1) is 24.6. The summed E-state index contributed by atoms with van der Waals surface area (Å²) in [5, 5.41) is 10.8. The predicted molar refractivity (Wildman–Crippen MR) is 137 cm³/mol. The standard InChI is InChI=1S/C27H30ClFN4O3/c1-4-31(3)9-6-10-32-25(35)27(2)15-19-18-13-20(28)21(29)14-22(18)30-24(19)23(33(27)26(32)36)12-16-7-5-8-17(34)11-16/h5,7-8,11,13-14,23,30,34H,4,6,9-10,12,15H2,1-3H3/t23?,27-/m0/s1. The Balaban J connectivity index is 1.59. The van der Waals surface area contributed by atoms with Gasteiger partial charge in [-0.05, 0) is 75.3 Å². The molecule has 3 aromatic rings. The number of fused-ring (bicyclic) bond motifs is 4. The zero-order valence-corrected chi connectivity index (χ0v) is 21.4. The van der Waals surface area contributed by atoms with Crippen molar-refractivity contribution in [2.75, 3.05) is 26.7 Å². The summed E-state index contributed by atoms with van der Waals surface area (Å²) in [6.45, 7) is 5.90. The van der Waals surface area contributed by atoms with E-state index in [1.165, 1.54) is 11.0 Å². The molecule has 0 aliphatic carbocycles. The monoisotopic (exact) mass is 512 g/mol. The molecular weight excluding hydrogens is 483 g/mol. The molecule has 0 bridgehead atoms. The van der Waals surface area contributed by atoms with Crippen LogP contribution in [0.1, 0.15) is 43.1 Å². The first-order chi connectivity index (χ1) is 17.1. The number of benzene rings is 2. The number of aromatic nitrogens is 1. The highest BCUT2D eigenvalue weighted by Crippen LogP contribution is 2.48. The first-order valence-corrected chi connectivity index (χ1v) is 12.6. The molecule has 3 amide bonds. The molecule has 2 atom stereocenters. The summed E-state index contributed by atoms with van der Waals surface area (Å²) in [4.78, 5) is 36.1. The van der Waals surface area contributed by atoms with Crippen LogP contribution in [0.2, 0.25) is 5.02 Å². The Morgan fingerprint density at radius 1 is 1.28 bits per heavy atom. The molecule has 9 heteroatoms. The molecule has 190 valence electrons. The first-order valence-electron chi connectivity index (χ1n) is 12.2. The van der Waals surface area contributed by atoms with Crippen molar-refractivity contribution in [1.29, 1.82) is 0 Å². The highest BCUT2D eigenvalue weighted by Gasteiger charge is 2.59. The van der Waals surface area contributed by atoms with Gasteiger partial charge >= 0.3 is 6.03 Å². The van der Waals surface area contributed by atoms with Gasteiger partial charge in [-0.25, -0.2) is 9.18 Å². The molecule has 3 heterocycles. The van der Waals surface area contributed by atoms with E-state index < -0.39 is 17.4 Å². The zero-order chi connectivity index (χ0) is 25.8. The second kappa shape index (κ2) is 9.09. The largest absolute Gasteiger partial charge is 0.508 e. The maximum atomic E-state index is 14.3. The van der Waals surface area contributed by atoms with E-state index >= 15 is 0 Å². The maximum absolute atomic E-state index is 14.3. The quantitative estimate of drug-likeness (QED) is 0.443. The predicted octanol–water partition coefficient (Wildman–Crippen LogP) is 4.87. The minimum Gasteiger partial charge on any atom is -0.508 e. The van der Waals surface area contributed by atoms with E-state index in [0.29, 0.717) is 31.3 Å². The van der Waals surface area contributed by atoms with Gasteiger partial charge in [-0.1, -0.05) is 30.7 Å². The lowest BCUT2D eigenvalue weighted by atomic mass is 9.81. The number of imide groups is 1. The minimum atomic E-state index is -1.09. The van der Waals surface area contributed by atoms with Crippen molar-refractivity contribution in [2.45, 2.75) is 44.7 Å². The van der Waals surface area contributed by atoms with Gasteiger partial charge in [0.05, 0.1) is 11.1 Å². The number of hydrogen-bond donors (Lipinski definition) is 2. The minimum absolute atomic E-state index is 0.0110. The third kappa shape index (κ3) is 3.92. The second-order valence-electron chi connectivity index (χ2n) is 10.0. The van der Waals surface area contributed by atoms with E-state index in [0.717, 1.165) is 35.3 Å². The molecule has 1 unspecified atom stereocenters. The fourth-order valence-corrected chi connectivity index (χ4v) is 5.79. The van der Waals surface area contributed by atoms with E-state index in [9.17, 15) is 19.1 Å². The number of amides is 3. The van der Waals surface area contributed by atoms with Crippen LogP contribution in [0.25, 0.3) is 10.9 Å². The van der Waals surface area contributed by atoms with E-state index in [2.05, 4.69) is 16.8 Å². The molecule has 2 aliphatic rings. The van der Waals surface area contributed by atoms with Crippen molar-refractivity contribution in [3.63, 3.8) is 0 Å². The van der Waals surface area contributed by atoms with Crippen LogP contribution < -0.4 is 0 Å². The number of phenols is 1. The average molecular weight is 513 g/mol. The van der Waals surface area contributed by atoms with Crippen molar-refractivity contribution in [3.05, 3.63) is 64.1 Å². The lowest BCUT2D eigenvalue weighted by Crippen LogP contribution is -2.53. The van der Waals surface area contributed by atoms with Gasteiger partial charge in [0.2, 0.25) is 0 Å². The maximum Gasteiger partial charge on any atom is 0.328 e. The number of nitrogens with zero attached hydrogens (tertiary/aromatic N) is 3. The molecule has 1 aromatic heterocycles. The molecule has 7 nitrogen and oxygen atoms in total. The molecular formula is C27H30ClFN4O3. The Morgan fingerprint density at radius 2 is 2.06 bits per heavy atom. The van der Waals surface area contributed by atoms with Crippen LogP contribution in [0.3, 0.4) is 0 Å². The van der Waals surface area contributed by atoms with Gasteiger partial charge in [0.1, 0.15) is 17.1 Å². The van der Waals surface area contributed by atoms with Crippen LogP contribution in [-0.2, 0) is 17.6 Å². The van der Waals surface area contributed by atoms with Gasteiger partial charge in [-0.2, -0.15) is 0 Å². The Kier molecular flexibility index (Phi) is 6.21. The lowest BCUT2D eigenvalue weighted by molar-refractivity contribution is -0.133. The van der Waals surface area contributed by atoms with Crippen molar-refractivity contribution >= 4 is 34.4 Å². The number of H-pyrrole nitrogens is 1. The summed E-state index contributed by atoms with van der Waals surface area (Å²) in [5.74, 6) is -0.627. The third-order valence-electron chi connectivity index (χ3n) is 7.62. The number of urea groups is 1. The lowest BCUT2D eigenvalue weighted by Gasteiger charge is -2.42. The molecule has 2 N–H and O–H groups in total. The molecule has 2 aromatic carbocycles. The number of aromatic amines is 1. The van der Waals surface area contributed by atoms with Crippen LogP contribution in [0.4, 0.5) is 9.18 Å². The fraction of sp³-hybridized carbons (Fsp3) is 0.407. The van der Waals surface area contributed by atoms with Crippen molar-refractivity contribution in [3.8, 4) is 5.75 Å². The van der Waals surface area contributed by atoms with E-state index in [-0.39, 0.29) is 22.7 Å². The molecule has 1 saturated heterocycles. The van der Waals surface area contributed by atoms with Gasteiger partial charge in [-0.15, -0.1) is 0 Å². The summed E-state index contributed by atoms with van der Waals surface area (Å²) in [7, 11) is 2.01. The van der Waals surface area contributed by atoms with Crippen LogP contribution >= 0.6 is 11.6 Å². The molecule has 0 spiro atoms. The normalized spacial score (nSPS) is 21.6. The van der Waals surface area contributed by atoms with Crippen molar-refractivity contribution in [2.24, 2.45) is 0 Å². The SMILES string of the molecule is CCN(C)CCCN1C(=O)N2C(Cc3cccc(O)c3)c3[nH]c4cc(F)c(Cl)cc4c3C[C@@]2(C)C1=O. The summed E-state index contributed by atoms with van der Waals surface area (Å²) >= 11 is 6.13. The Morgan fingerprint density at radius 3 is 2.78 bits per heavy atom. The number of halogens is 2. The topological polar surface area (TPSA) is 79.9 Å². The summed E-state index contributed by atoms with van der Waals surface area (Å²) in [5.41, 5.74) is 1.94. The van der Waals surface area contributed by atoms with Gasteiger partial charge in [0, 0.05) is 29.6 Å². The highest BCUT2D eigenvalue weighted by molar-refractivity contribution is 6.31. The van der Waals surface area contributed by atoms with Crippen LogP contribution in [0, 0.1) is 5.82 Å². The van der Waals surface area contributed by atoms with Crippen molar-refractivity contribution < 1.29 is 19.1 Å². The van der Waals surface area contributed by atoms with Crippen LogP contribution in [0.5, 0.6) is 5.75 Å². The van der Waals surface area contributed by atoms with E-state index in [1.54, 1.807) is 29.2 Å². The Labute approximate surface area is 214 Å². The second-order valence-corrected chi connectivity index (χ2v) is 10.4. The Bertz CT molecular complexity index is 1360. The highest BCUT2D eigenvalue weighted by atomic mass is 35.5. The fourth-order valence-electron chi connectivity index (χ4n) is 5.63. The van der Waals surface area contributed by atoms with Gasteiger partial charge in [-0.3, -0.25) is 9.69 Å². The number of carbonyl (C=O) groups is 2. The molecule has 2 aliphatic heterocycles. The zero-order valence-electron chi connectivity index (χ0n) is 20.6. The molecule has 5 rings (SSSR count). The number of aromatic hydroxyl groups is 1. The van der Waals surface area contributed by atoms with Gasteiger partial charge in [0.25, 0.3) is 5.91 Å². The van der Waals surface area contributed by atoms with Gasteiger partial charge in [0.15, 0.2) is 0 Å². The third-order valence-corrected chi connectivity index (χ3v) is 7.91. The number of nitrogens with one attached hydrogen (secondary N) is 1. The number of carbonyl (C=O) groups excluding carboxylic acids is 2. The van der Waals surface area contributed by atoms with E-state index in [1.807, 2.05) is 20.0 Å². The number of phenolic OH excluding ortho intramolecular Hbond substituents is 1. The molecule has 0 saturated carbocycles. The van der Waals surface area contributed by atoms with E-state index in [4.69, 9.17) is 11.6 Å². The van der Waals surface area contributed by atoms with Crippen molar-refractivity contribution in [1.82, 2.24) is 19.7 Å². The average Bonchev–Trinajstić information content (AvgIpc) is 3.26. The molecule has 1 fully saturated rings. The smallest absolute Gasteiger partial charge is 0.328 e. The van der Waals surface area contributed by atoms with Gasteiger partial charge < -0.3 is 19.9 Å². The summed E-state index contributed by atoms with van der Waals surface area (Å²) < 4.78 is 14.3. The summed E-state index contributed by atoms with van der Waals surface area (Å²) in [6.07, 6.45) is 1.37. The number of hydrogen-bond acceptors (Lipinski definition) is 4. The van der Waals surface area contributed by atoms with Crippen LogP contribution in [-0.4, -0.2) is 68.9 Å². The number of rotatable bonds is 7. The summed E-state index contributed by atoms with van der Waals surface area (Å²) in [6, 6.07) is 9.00. The Hall–Kier alpha value is -3.10. The van der Waals surface area contributed by atoms with Crippen LogP contribution in [0.15, 0.2) is 36.4 Å². The molecule has 0 radical (unpaired) electrons.